The van der Waals surface area contributed by atoms with Gasteiger partial charge in [-0.25, -0.2) is 14.2 Å². The summed E-state index contributed by atoms with van der Waals surface area (Å²) in [6, 6.07) is 11.8. The van der Waals surface area contributed by atoms with Gasteiger partial charge in [0, 0.05) is 38.1 Å². The summed E-state index contributed by atoms with van der Waals surface area (Å²) in [7, 11) is 1.83. The van der Waals surface area contributed by atoms with Crippen molar-refractivity contribution in [1.29, 1.82) is 0 Å². The molecule has 0 saturated carbocycles. The van der Waals surface area contributed by atoms with Crippen molar-refractivity contribution in [3.8, 4) is 11.3 Å². The van der Waals surface area contributed by atoms with Crippen molar-refractivity contribution in [2.45, 2.75) is 52.8 Å². The molecule has 0 fully saturated rings. The number of hydrogen-bond acceptors (Lipinski definition) is 7. The zero-order chi connectivity index (χ0) is 30.3. The molecular formula is C31H36FN7O3. The normalized spacial score (nSPS) is 11.2. The number of amides is 2. The van der Waals surface area contributed by atoms with Crippen LogP contribution in [0.4, 0.5) is 15.0 Å². The lowest BCUT2D eigenvalue weighted by atomic mass is 10.1. The standard InChI is InChI=1S/C31H36FN7O3/c1-20-14-25(29(40)35-16-22-9-7-12-33-26(22)18-36-30(41)42-31(2,3)4)28(38-27(20)23-17-37-39(5)19-23)34-13-11-21-8-6-10-24(32)15-21/h6-10,12,14-15,17,19H,11,13,16,18H2,1-5H3,(H,34,38)(H,35,40)(H,36,41). The molecule has 0 unspecified atom stereocenters. The predicted octanol–water partition coefficient (Wildman–Crippen LogP) is 4.93. The second-order valence-electron chi connectivity index (χ2n) is 10.9. The number of rotatable bonds is 10. The van der Waals surface area contributed by atoms with Crippen molar-refractivity contribution in [3.05, 3.63) is 94.8 Å². The minimum atomic E-state index is -0.618. The van der Waals surface area contributed by atoms with Gasteiger partial charge >= 0.3 is 6.09 Å². The zero-order valence-electron chi connectivity index (χ0n) is 24.5. The van der Waals surface area contributed by atoms with E-state index in [-0.39, 0.29) is 24.8 Å². The molecule has 0 atom stereocenters. The molecule has 3 heterocycles. The van der Waals surface area contributed by atoms with Gasteiger partial charge in [-0.3, -0.25) is 14.5 Å². The number of carbonyl (C=O) groups is 2. The van der Waals surface area contributed by atoms with Gasteiger partial charge in [0.1, 0.15) is 17.2 Å². The quantitative estimate of drug-likeness (QED) is 0.246. The molecule has 0 spiro atoms. The number of hydrogen-bond donors (Lipinski definition) is 3. The lowest BCUT2D eigenvalue weighted by molar-refractivity contribution is 0.0522. The van der Waals surface area contributed by atoms with Gasteiger partial charge in [-0.2, -0.15) is 5.10 Å². The number of anilines is 1. The number of nitrogens with zero attached hydrogens (tertiary/aromatic N) is 4. The third-order valence-corrected chi connectivity index (χ3v) is 6.25. The van der Waals surface area contributed by atoms with Gasteiger partial charge in [-0.15, -0.1) is 0 Å². The minimum Gasteiger partial charge on any atom is -0.444 e. The Labute approximate surface area is 244 Å². The van der Waals surface area contributed by atoms with Crippen LogP contribution in [0.1, 0.15) is 53.5 Å². The summed E-state index contributed by atoms with van der Waals surface area (Å²) in [4.78, 5) is 34.8. The molecule has 10 nitrogen and oxygen atoms in total. The molecule has 0 saturated heterocycles. The van der Waals surface area contributed by atoms with Crippen molar-refractivity contribution in [2.24, 2.45) is 7.05 Å². The van der Waals surface area contributed by atoms with Crippen molar-refractivity contribution in [2.75, 3.05) is 11.9 Å². The number of benzene rings is 1. The fourth-order valence-corrected chi connectivity index (χ4v) is 4.31. The Bertz CT molecular complexity index is 1560. The highest BCUT2D eigenvalue weighted by atomic mass is 19.1. The second-order valence-corrected chi connectivity index (χ2v) is 10.9. The molecule has 1 aromatic carbocycles. The first-order valence-electron chi connectivity index (χ1n) is 13.7. The van der Waals surface area contributed by atoms with Crippen molar-refractivity contribution in [3.63, 3.8) is 0 Å². The van der Waals surface area contributed by atoms with Gasteiger partial charge in [0.15, 0.2) is 0 Å². The Kier molecular flexibility index (Phi) is 9.51. The summed E-state index contributed by atoms with van der Waals surface area (Å²) in [5.41, 5.74) is 4.29. The summed E-state index contributed by atoms with van der Waals surface area (Å²) < 4.78 is 20.7. The molecule has 220 valence electrons. The van der Waals surface area contributed by atoms with E-state index in [1.807, 2.05) is 32.3 Å². The molecular weight excluding hydrogens is 537 g/mol. The van der Waals surface area contributed by atoms with Crippen molar-refractivity contribution in [1.82, 2.24) is 30.4 Å². The van der Waals surface area contributed by atoms with Crippen LogP contribution in [0.15, 0.2) is 61.1 Å². The van der Waals surface area contributed by atoms with Crippen LogP contribution < -0.4 is 16.0 Å². The third-order valence-electron chi connectivity index (χ3n) is 6.25. The molecule has 0 bridgehead atoms. The minimum absolute atomic E-state index is 0.147. The van der Waals surface area contributed by atoms with E-state index in [9.17, 15) is 14.0 Å². The average Bonchev–Trinajstić information content (AvgIpc) is 3.36. The molecule has 4 aromatic rings. The number of pyridine rings is 2. The van der Waals surface area contributed by atoms with Gasteiger partial charge in [0.05, 0.1) is 29.7 Å². The average molecular weight is 574 g/mol. The Morgan fingerprint density at radius 1 is 1.07 bits per heavy atom. The van der Waals surface area contributed by atoms with Gasteiger partial charge < -0.3 is 20.7 Å². The molecule has 42 heavy (non-hydrogen) atoms. The number of alkyl carbamates (subject to hydrolysis) is 1. The summed E-state index contributed by atoms with van der Waals surface area (Å²) >= 11 is 0. The van der Waals surface area contributed by atoms with Crippen LogP contribution in [0.3, 0.4) is 0 Å². The van der Waals surface area contributed by atoms with Crippen LogP contribution in [0.25, 0.3) is 11.3 Å². The zero-order valence-corrected chi connectivity index (χ0v) is 24.5. The first kappa shape index (κ1) is 30.2. The fraction of sp³-hybridized carbons (Fsp3) is 0.323. The van der Waals surface area contributed by atoms with Crippen LogP contribution in [0.5, 0.6) is 0 Å². The topological polar surface area (TPSA) is 123 Å². The third kappa shape index (κ3) is 8.35. The Morgan fingerprint density at radius 3 is 2.60 bits per heavy atom. The van der Waals surface area contributed by atoms with E-state index in [1.54, 1.807) is 56.0 Å². The van der Waals surface area contributed by atoms with Gasteiger partial charge in [0.2, 0.25) is 0 Å². The lowest BCUT2D eigenvalue weighted by Crippen LogP contribution is -2.33. The molecule has 11 heteroatoms. The molecule has 3 aromatic heterocycles. The van der Waals surface area contributed by atoms with Crippen LogP contribution in [-0.4, -0.2) is 43.9 Å². The first-order chi connectivity index (χ1) is 20.0. The summed E-state index contributed by atoms with van der Waals surface area (Å²) in [6.07, 6.45) is 5.21. The van der Waals surface area contributed by atoms with E-state index in [0.717, 1.165) is 22.3 Å². The van der Waals surface area contributed by atoms with Gasteiger partial charge in [-0.05, 0) is 75.1 Å². The van der Waals surface area contributed by atoms with Crippen molar-refractivity contribution >= 4 is 17.8 Å². The number of halogens is 1. The van der Waals surface area contributed by atoms with Crippen LogP contribution in [-0.2, 0) is 31.3 Å². The van der Waals surface area contributed by atoms with E-state index >= 15 is 0 Å². The number of aryl methyl sites for hydroxylation is 2. The SMILES string of the molecule is Cc1cc(C(=O)NCc2cccnc2CNC(=O)OC(C)(C)C)c(NCCc2cccc(F)c2)nc1-c1cnn(C)c1. The highest BCUT2D eigenvalue weighted by molar-refractivity contribution is 5.99. The molecule has 4 rings (SSSR count). The molecule has 0 aliphatic heterocycles. The smallest absolute Gasteiger partial charge is 0.407 e. The molecule has 0 aliphatic carbocycles. The lowest BCUT2D eigenvalue weighted by Gasteiger charge is -2.20. The summed E-state index contributed by atoms with van der Waals surface area (Å²) in [6.45, 7) is 8.04. The maximum atomic E-state index is 13.7. The van der Waals surface area contributed by atoms with E-state index in [1.165, 1.54) is 12.1 Å². The molecule has 0 aliphatic rings. The second kappa shape index (κ2) is 13.2. The Morgan fingerprint density at radius 2 is 1.88 bits per heavy atom. The molecule has 3 N–H and O–H groups in total. The van der Waals surface area contributed by atoms with Crippen molar-refractivity contribution < 1.29 is 18.7 Å². The largest absolute Gasteiger partial charge is 0.444 e. The van der Waals surface area contributed by atoms with E-state index in [4.69, 9.17) is 9.72 Å². The van der Waals surface area contributed by atoms with E-state index in [2.05, 4.69) is 26.0 Å². The Balaban J connectivity index is 1.51. The van der Waals surface area contributed by atoms with E-state index < -0.39 is 11.7 Å². The van der Waals surface area contributed by atoms with Gasteiger partial charge in [-0.1, -0.05) is 18.2 Å². The number of carbonyl (C=O) groups excluding carboxylic acids is 2. The first-order valence-corrected chi connectivity index (χ1v) is 13.7. The highest BCUT2D eigenvalue weighted by Gasteiger charge is 2.19. The number of aromatic nitrogens is 4. The van der Waals surface area contributed by atoms with Gasteiger partial charge in [0.25, 0.3) is 5.91 Å². The fourth-order valence-electron chi connectivity index (χ4n) is 4.31. The maximum absolute atomic E-state index is 13.7. The predicted molar refractivity (Wildman–Crippen MR) is 158 cm³/mol. The maximum Gasteiger partial charge on any atom is 0.407 e. The summed E-state index contributed by atoms with van der Waals surface area (Å²) in [5.74, 6) is -0.214. The number of nitrogens with one attached hydrogen (secondary N) is 3. The molecule has 2 amide bonds. The summed E-state index contributed by atoms with van der Waals surface area (Å²) in [5, 5.41) is 13.2. The number of ether oxygens (including phenoxy) is 1. The molecule has 0 radical (unpaired) electrons. The highest BCUT2D eigenvalue weighted by Crippen LogP contribution is 2.26. The van der Waals surface area contributed by atoms with Crippen LogP contribution in [0.2, 0.25) is 0 Å². The van der Waals surface area contributed by atoms with E-state index in [0.29, 0.717) is 35.7 Å². The van der Waals surface area contributed by atoms with Crippen LogP contribution in [0, 0.1) is 12.7 Å². The Hall–Kier alpha value is -4.80. The van der Waals surface area contributed by atoms with Crippen LogP contribution >= 0.6 is 0 Å². The monoisotopic (exact) mass is 573 g/mol.